The summed E-state index contributed by atoms with van der Waals surface area (Å²) in [6, 6.07) is 1.06. The van der Waals surface area contributed by atoms with E-state index in [1.54, 1.807) is 19.0 Å². The van der Waals surface area contributed by atoms with Crippen molar-refractivity contribution in [2.24, 2.45) is 10.9 Å². The van der Waals surface area contributed by atoms with Crippen molar-refractivity contribution in [3.05, 3.63) is 0 Å². The third-order valence-electron chi connectivity index (χ3n) is 5.42. The van der Waals surface area contributed by atoms with Gasteiger partial charge in [0.2, 0.25) is 5.91 Å². The maximum absolute atomic E-state index is 11.9. The van der Waals surface area contributed by atoms with Crippen LogP contribution in [0, 0.1) is 5.92 Å². The number of hydrogen-bond acceptors (Lipinski definition) is 3. The fourth-order valence-corrected chi connectivity index (χ4v) is 3.93. The summed E-state index contributed by atoms with van der Waals surface area (Å²) in [6.45, 7) is 8.04. The number of rotatable bonds is 7. The molecule has 6 nitrogen and oxygen atoms in total. The minimum absolute atomic E-state index is 0.0389. The van der Waals surface area contributed by atoms with Gasteiger partial charge in [-0.2, -0.15) is 0 Å². The normalized spacial score (nSPS) is 22.7. The lowest BCUT2D eigenvalue weighted by molar-refractivity contribution is -0.127. The van der Waals surface area contributed by atoms with Crippen LogP contribution >= 0.6 is 0 Å². The Hall–Kier alpha value is -1.30. The van der Waals surface area contributed by atoms with Gasteiger partial charge in [0.1, 0.15) is 6.54 Å². The first-order chi connectivity index (χ1) is 12.5. The molecule has 0 unspecified atom stereocenters. The second kappa shape index (κ2) is 10.8. The van der Waals surface area contributed by atoms with E-state index in [2.05, 4.69) is 34.4 Å². The Kier molecular flexibility index (Phi) is 8.69. The van der Waals surface area contributed by atoms with Crippen LogP contribution in [0.15, 0.2) is 4.99 Å². The van der Waals surface area contributed by atoms with Crippen LogP contribution in [0.4, 0.5) is 0 Å². The quantitative estimate of drug-likeness (QED) is 0.536. The molecule has 1 aliphatic heterocycles. The zero-order chi connectivity index (χ0) is 18.9. The summed E-state index contributed by atoms with van der Waals surface area (Å²) in [7, 11) is 3.56. The van der Waals surface area contributed by atoms with Crippen molar-refractivity contribution in [1.29, 1.82) is 0 Å². The summed E-state index contributed by atoms with van der Waals surface area (Å²) in [5.41, 5.74) is 0. The first-order valence-corrected chi connectivity index (χ1v) is 10.4. The highest BCUT2D eigenvalue weighted by Crippen LogP contribution is 2.19. The van der Waals surface area contributed by atoms with Crippen molar-refractivity contribution in [2.45, 2.75) is 70.9 Å². The fourth-order valence-electron chi connectivity index (χ4n) is 3.93. The van der Waals surface area contributed by atoms with Crippen LogP contribution in [0.5, 0.6) is 0 Å². The Morgan fingerprint density at radius 2 is 1.88 bits per heavy atom. The molecule has 26 heavy (non-hydrogen) atoms. The summed E-state index contributed by atoms with van der Waals surface area (Å²) in [4.78, 5) is 20.7. The minimum atomic E-state index is 0.0389. The molecule has 2 N–H and O–H groups in total. The van der Waals surface area contributed by atoms with Crippen LogP contribution in [0.25, 0.3) is 0 Å². The molecule has 1 saturated heterocycles. The standard InChI is InChI=1S/C20H39N5O/c1-16(2)15-25-12-8-11-18(25)13-21-20(22-14-19(26)24(3)4)23-17-9-6-5-7-10-17/h16-18H,5-15H2,1-4H3,(H2,21,22,23)/t18-/m1/s1. The van der Waals surface area contributed by atoms with Gasteiger partial charge in [0.25, 0.3) is 0 Å². The number of nitrogens with one attached hydrogen (secondary N) is 2. The van der Waals surface area contributed by atoms with Gasteiger partial charge in [-0.05, 0) is 38.1 Å². The van der Waals surface area contributed by atoms with E-state index in [9.17, 15) is 4.79 Å². The summed E-state index contributed by atoms with van der Waals surface area (Å²) in [6.07, 6.45) is 8.83. The van der Waals surface area contributed by atoms with Crippen LogP contribution in [0.3, 0.4) is 0 Å². The predicted octanol–water partition coefficient (Wildman–Crippen LogP) is 2.06. The molecule has 1 saturated carbocycles. The fraction of sp³-hybridized carbons (Fsp3) is 0.900. The molecule has 2 aliphatic rings. The molecule has 150 valence electrons. The lowest BCUT2D eigenvalue weighted by Gasteiger charge is -2.29. The van der Waals surface area contributed by atoms with E-state index in [4.69, 9.17) is 0 Å². The average molecular weight is 366 g/mol. The van der Waals surface area contributed by atoms with Crippen molar-refractivity contribution in [3.63, 3.8) is 0 Å². The summed E-state index contributed by atoms with van der Waals surface area (Å²) in [5.74, 6) is 1.54. The minimum Gasteiger partial charge on any atom is -0.355 e. The van der Waals surface area contributed by atoms with Gasteiger partial charge in [-0.3, -0.25) is 9.69 Å². The highest BCUT2D eigenvalue weighted by molar-refractivity contribution is 5.84. The second-order valence-electron chi connectivity index (χ2n) is 8.50. The molecule has 0 aromatic heterocycles. The summed E-state index contributed by atoms with van der Waals surface area (Å²) < 4.78 is 0. The van der Waals surface area contributed by atoms with Gasteiger partial charge in [0.15, 0.2) is 5.96 Å². The van der Waals surface area contributed by atoms with Gasteiger partial charge in [-0.25, -0.2) is 4.99 Å². The zero-order valence-electron chi connectivity index (χ0n) is 17.3. The molecular formula is C20H39N5O. The molecule has 0 bridgehead atoms. The highest BCUT2D eigenvalue weighted by Gasteiger charge is 2.25. The lowest BCUT2D eigenvalue weighted by Crippen LogP contribution is -2.49. The molecular weight excluding hydrogens is 326 g/mol. The monoisotopic (exact) mass is 365 g/mol. The molecule has 1 aliphatic carbocycles. The van der Waals surface area contributed by atoms with Crippen molar-refractivity contribution >= 4 is 11.9 Å². The van der Waals surface area contributed by atoms with Crippen LogP contribution in [-0.4, -0.2) is 74.0 Å². The molecule has 6 heteroatoms. The Morgan fingerprint density at radius 1 is 1.15 bits per heavy atom. The van der Waals surface area contributed by atoms with E-state index in [1.165, 1.54) is 51.5 Å². The predicted molar refractivity (Wildman–Crippen MR) is 108 cm³/mol. The number of likely N-dealkylation sites (tertiary alicyclic amines) is 1. The van der Waals surface area contributed by atoms with Crippen molar-refractivity contribution < 1.29 is 4.79 Å². The van der Waals surface area contributed by atoms with Gasteiger partial charge in [0, 0.05) is 39.3 Å². The molecule has 1 heterocycles. The average Bonchev–Trinajstić information content (AvgIpc) is 3.04. The number of carbonyl (C=O) groups is 1. The molecule has 1 amide bonds. The largest absolute Gasteiger partial charge is 0.355 e. The van der Waals surface area contributed by atoms with E-state index >= 15 is 0 Å². The molecule has 2 rings (SSSR count). The lowest BCUT2D eigenvalue weighted by atomic mass is 9.96. The molecule has 2 fully saturated rings. The number of guanidine groups is 1. The molecule has 1 atom stereocenters. The number of aliphatic imine (C=N–C) groups is 1. The topological polar surface area (TPSA) is 60.0 Å². The molecule has 0 spiro atoms. The maximum atomic E-state index is 11.9. The number of hydrogen-bond donors (Lipinski definition) is 2. The zero-order valence-corrected chi connectivity index (χ0v) is 17.3. The highest BCUT2D eigenvalue weighted by atomic mass is 16.2. The first kappa shape index (κ1) is 21.0. The van der Waals surface area contributed by atoms with Gasteiger partial charge < -0.3 is 15.5 Å². The Balaban J connectivity index is 1.91. The van der Waals surface area contributed by atoms with Gasteiger partial charge in [-0.15, -0.1) is 0 Å². The van der Waals surface area contributed by atoms with E-state index < -0.39 is 0 Å². The Labute approximate surface area is 159 Å². The Bertz CT molecular complexity index is 457. The molecule has 0 aromatic carbocycles. The molecule has 0 aromatic rings. The van der Waals surface area contributed by atoms with E-state index in [0.29, 0.717) is 18.0 Å². The van der Waals surface area contributed by atoms with Crippen LogP contribution in [0.1, 0.15) is 58.8 Å². The first-order valence-electron chi connectivity index (χ1n) is 10.4. The van der Waals surface area contributed by atoms with Gasteiger partial charge in [-0.1, -0.05) is 33.1 Å². The van der Waals surface area contributed by atoms with E-state index in [-0.39, 0.29) is 12.5 Å². The summed E-state index contributed by atoms with van der Waals surface area (Å²) in [5, 5.41) is 7.11. The molecule has 0 radical (unpaired) electrons. The SMILES string of the molecule is CC(C)CN1CCC[C@@H]1CNC(=NCC(=O)N(C)C)NC1CCCCC1. The van der Waals surface area contributed by atoms with Crippen LogP contribution in [-0.2, 0) is 4.79 Å². The van der Waals surface area contributed by atoms with E-state index in [0.717, 1.165) is 19.0 Å². The third-order valence-corrected chi connectivity index (χ3v) is 5.42. The number of amides is 1. The summed E-state index contributed by atoms with van der Waals surface area (Å²) >= 11 is 0. The van der Waals surface area contributed by atoms with Gasteiger partial charge >= 0.3 is 0 Å². The van der Waals surface area contributed by atoms with Gasteiger partial charge in [0.05, 0.1) is 0 Å². The number of carbonyl (C=O) groups excluding carboxylic acids is 1. The van der Waals surface area contributed by atoms with Crippen molar-refractivity contribution in [2.75, 3.05) is 40.3 Å². The van der Waals surface area contributed by atoms with Crippen LogP contribution < -0.4 is 10.6 Å². The number of likely N-dealkylation sites (N-methyl/N-ethyl adjacent to an activating group) is 1. The smallest absolute Gasteiger partial charge is 0.243 e. The van der Waals surface area contributed by atoms with Crippen LogP contribution in [0.2, 0.25) is 0 Å². The number of nitrogens with zero attached hydrogens (tertiary/aromatic N) is 3. The Morgan fingerprint density at radius 3 is 2.54 bits per heavy atom. The second-order valence-corrected chi connectivity index (χ2v) is 8.50. The van der Waals surface area contributed by atoms with E-state index in [1.807, 2.05) is 0 Å². The van der Waals surface area contributed by atoms with Crippen molar-refractivity contribution in [1.82, 2.24) is 20.4 Å². The van der Waals surface area contributed by atoms with Crippen molar-refractivity contribution in [3.8, 4) is 0 Å². The third kappa shape index (κ3) is 7.14. The maximum Gasteiger partial charge on any atom is 0.243 e.